The molecule has 1 heterocycles. The molecule has 0 unspecified atom stereocenters. The van der Waals surface area contributed by atoms with Gasteiger partial charge in [-0.25, -0.2) is 4.98 Å². The van der Waals surface area contributed by atoms with E-state index in [0.717, 1.165) is 31.4 Å². The normalized spacial score (nSPS) is 10.9. The zero-order chi connectivity index (χ0) is 13.4. The van der Waals surface area contributed by atoms with E-state index in [0.29, 0.717) is 0 Å². The maximum absolute atomic E-state index is 4.52. The van der Waals surface area contributed by atoms with Crippen LogP contribution in [0.2, 0.25) is 0 Å². The average Bonchev–Trinajstić information content (AvgIpc) is 2.37. The predicted octanol–water partition coefficient (Wildman–Crippen LogP) is 3.06. The highest BCUT2D eigenvalue weighted by Crippen LogP contribution is 2.16. The number of rotatable bonds is 8. The molecule has 0 radical (unpaired) electrons. The zero-order valence-electron chi connectivity index (χ0n) is 12.2. The van der Waals surface area contributed by atoms with Crippen molar-refractivity contribution in [3.63, 3.8) is 0 Å². The number of aromatic nitrogens is 1. The number of hydrogen-bond acceptors (Lipinski definition) is 3. The lowest BCUT2D eigenvalue weighted by molar-refractivity contribution is 0.582. The van der Waals surface area contributed by atoms with Crippen molar-refractivity contribution in [2.24, 2.45) is 5.92 Å². The average molecular weight is 249 g/mol. The van der Waals surface area contributed by atoms with E-state index in [1.165, 1.54) is 18.4 Å². The second-order valence-electron chi connectivity index (χ2n) is 5.27. The van der Waals surface area contributed by atoms with Gasteiger partial charge >= 0.3 is 0 Å². The summed E-state index contributed by atoms with van der Waals surface area (Å²) in [5.41, 5.74) is 1.29. The summed E-state index contributed by atoms with van der Waals surface area (Å²) in [5, 5.41) is 3.44. The number of pyridine rings is 1. The molecular formula is C15H27N3. The molecule has 0 saturated heterocycles. The maximum atomic E-state index is 4.52. The van der Waals surface area contributed by atoms with Crippen molar-refractivity contribution in [1.82, 2.24) is 10.3 Å². The van der Waals surface area contributed by atoms with Crippen LogP contribution in [0.25, 0.3) is 0 Å². The van der Waals surface area contributed by atoms with Crippen molar-refractivity contribution in [2.45, 2.75) is 40.2 Å². The van der Waals surface area contributed by atoms with Gasteiger partial charge in [0.15, 0.2) is 0 Å². The molecule has 3 heteroatoms. The Morgan fingerprint density at radius 1 is 1.39 bits per heavy atom. The van der Waals surface area contributed by atoms with Crippen LogP contribution in [-0.2, 0) is 6.54 Å². The first-order valence-corrected chi connectivity index (χ1v) is 7.00. The standard InChI is InChI=1S/C15H27N3/c1-5-9-16-12-14-7-6-10-17-15(14)18(4)11-8-13(2)3/h6-7,10,13,16H,5,8-9,11-12H2,1-4H3. The lowest BCUT2D eigenvalue weighted by Gasteiger charge is -2.22. The Balaban J connectivity index is 2.62. The molecule has 1 aromatic heterocycles. The Hall–Kier alpha value is -1.09. The fourth-order valence-corrected chi connectivity index (χ4v) is 1.87. The van der Waals surface area contributed by atoms with Gasteiger partial charge in [0.2, 0.25) is 0 Å². The van der Waals surface area contributed by atoms with E-state index >= 15 is 0 Å². The molecule has 1 N–H and O–H groups in total. The molecule has 0 aliphatic carbocycles. The SMILES string of the molecule is CCCNCc1cccnc1N(C)CCC(C)C. The van der Waals surface area contributed by atoms with Crippen molar-refractivity contribution in [1.29, 1.82) is 0 Å². The summed E-state index contributed by atoms with van der Waals surface area (Å²) in [4.78, 5) is 6.79. The molecule has 0 spiro atoms. The summed E-state index contributed by atoms with van der Waals surface area (Å²) in [6.07, 6.45) is 4.25. The maximum Gasteiger partial charge on any atom is 0.132 e. The third-order valence-electron chi connectivity index (χ3n) is 3.01. The van der Waals surface area contributed by atoms with Gasteiger partial charge in [-0.1, -0.05) is 26.8 Å². The first-order chi connectivity index (χ1) is 8.65. The molecule has 3 nitrogen and oxygen atoms in total. The third-order valence-corrected chi connectivity index (χ3v) is 3.01. The van der Waals surface area contributed by atoms with Gasteiger partial charge in [0, 0.05) is 31.9 Å². The van der Waals surface area contributed by atoms with E-state index in [4.69, 9.17) is 0 Å². The molecular weight excluding hydrogens is 222 g/mol. The minimum Gasteiger partial charge on any atom is -0.359 e. The largest absolute Gasteiger partial charge is 0.359 e. The van der Waals surface area contributed by atoms with Gasteiger partial charge in [-0.15, -0.1) is 0 Å². The van der Waals surface area contributed by atoms with Crippen molar-refractivity contribution in [3.05, 3.63) is 23.9 Å². The highest BCUT2D eigenvalue weighted by Gasteiger charge is 2.08. The summed E-state index contributed by atoms with van der Waals surface area (Å²) in [7, 11) is 2.13. The Morgan fingerprint density at radius 3 is 2.83 bits per heavy atom. The monoisotopic (exact) mass is 249 g/mol. The van der Waals surface area contributed by atoms with Crippen molar-refractivity contribution >= 4 is 5.82 Å². The van der Waals surface area contributed by atoms with Crippen LogP contribution in [0, 0.1) is 5.92 Å². The molecule has 0 atom stereocenters. The zero-order valence-corrected chi connectivity index (χ0v) is 12.2. The van der Waals surface area contributed by atoms with Crippen LogP contribution in [-0.4, -0.2) is 25.1 Å². The molecule has 0 aliphatic heterocycles. The molecule has 0 aliphatic rings. The van der Waals surface area contributed by atoms with Crippen LogP contribution >= 0.6 is 0 Å². The van der Waals surface area contributed by atoms with Crippen molar-refractivity contribution < 1.29 is 0 Å². The molecule has 1 rings (SSSR count). The van der Waals surface area contributed by atoms with Crippen LogP contribution in [0.4, 0.5) is 5.82 Å². The number of anilines is 1. The molecule has 18 heavy (non-hydrogen) atoms. The van der Waals surface area contributed by atoms with Crippen LogP contribution < -0.4 is 10.2 Å². The molecule has 0 amide bonds. The van der Waals surface area contributed by atoms with Gasteiger partial charge in [0.25, 0.3) is 0 Å². The van der Waals surface area contributed by atoms with Crippen molar-refractivity contribution in [3.8, 4) is 0 Å². The topological polar surface area (TPSA) is 28.2 Å². The van der Waals surface area contributed by atoms with Crippen molar-refractivity contribution in [2.75, 3.05) is 25.0 Å². The van der Waals surface area contributed by atoms with Gasteiger partial charge in [-0.05, 0) is 31.4 Å². The van der Waals surface area contributed by atoms with Gasteiger partial charge in [0.05, 0.1) is 0 Å². The fraction of sp³-hybridized carbons (Fsp3) is 0.667. The highest BCUT2D eigenvalue weighted by atomic mass is 15.2. The second kappa shape index (κ2) is 8.09. The molecule has 0 fully saturated rings. The first-order valence-electron chi connectivity index (χ1n) is 7.00. The predicted molar refractivity (Wildman–Crippen MR) is 79.0 cm³/mol. The molecule has 0 saturated carbocycles. The van der Waals surface area contributed by atoms with E-state index < -0.39 is 0 Å². The van der Waals surface area contributed by atoms with E-state index in [-0.39, 0.29) is 0 Å². The van der Waals surface area contributed by atoms with E-state index in [2.05, 4.69) is 49.1 Å². The fourth-order valence-electron chi connectivity index (χ4n) is 1.87. The van der Waals surface area contributed by atoms with Crippen LogP contribution in [0.1, 0.15) is 39.2 Å². The summed E-state index contributed by atoms with van der Waals surface area (Å²) in [6, 6.07) is 4.18. The van der Waals surface area contributed by atoms with Crippen LogP contribution in [0.3, 0.4) is 0 Å². The highest BCUT2D eigenvalue weighted by molar-refractivity contribution is 5.45. The summed E-state index contributed by atoms with van der Waals surface area (Å²) in [5.74, 6) is 1.85. The summed E-state index contributed by atoms with van der Waals surface area (Å²) >= 11 is 0. The lowest BCUT2D eigenvalue weighted by atomic mass is 10.1. The number of nitrogens with one attached hydrogen (secondary N) is 1. The summed E-state index contributed by atoms with van der Waals surface area (Å²) < 4.78 is 0. The van der Waals surface area contributed by atoms with Gasteiger partial charge in [0.1, 0.15) is 5.82 Å². The number of hydrogen-bond donors (Lipinski definition) is 1. The Bertz CT molecular complexity index is 336. The Morgan fingerprint density at radius 2 is 2.17 bits per heavy atom. The van der Waals surface area contributed by atoms with Gasteiger partial charge < -0.3 is 10.2 Å². The molecule has 0 bridgehead atoms. The second-order valence-corrected chi connectivity index (χ2v) is 5.27. The van der Waals surface area contributed by atoms with Crippen LogP contribution in [0.5, 0.6) is 0 Å². The minimum atomic E-state index is 0.734. The Kier molecular flexibility index (Phi) is 6.73. The van der Waals surface area contributed by atoms with Gasteiger partial charge in [-0.3, -0.25) is 0 Å². The van der Waals surface area contributed by atoms with Gasteiger partial charge in [-0.2, -0.15) is 0 Å². The number of nitrogens with zero attached hydrogens (tertiary/aromatic N) is 2. The molecule has 0 aromatic carbocycles. The lowest BCUT2D eigenvalue weighted by Crippen LogP contribution is -2.24. The van der Waals surface area contributed by atoms with E-state index in [9.17, 15) is 0 Å². The molecule has 102 valence electrons. The quantitative estimate of drug-likeness (QED) is 0.718. The first kappa shape index (κ1) is 15.0. The van der Waals surface area contributed by atoms with E-state index in [1.807, 2.05) is 12.3 Å². The van der Waals surface area contributed by atoms with E-state index in [1.54, 1.807) is 0 Å². The molecule has 1 aromatic rings. The summed E-state index contributed by atoms with van der Waals surface area (Å²) in [6.45, 7) is 9.74. The third kappa shape index (κ3) is 5.05. The van der Waals surface area contributed by atoms with Crippen LogP contribution in [0.15, 0.2) is 18.3 Å². The minimum absolute atomic E-state index is 0.734. The Labute approximate surface area is 112 Å². The smallest absolute Gasteiger partial charge is 0.132 e.